The Kier molecular flexibility index (Phi) is 5.15. The number of aliphatic hydroxyl groups is 1. The highest BCUT2D eigenvalue weighted by molar-refractivity contribution is 5.62. The van der Waals surface area contributed by atoms with Crippen LogP contribution in [0.1, 0.15) is 24.7 Å². The molecule has 114 valence electrons. The minimum Gasteiger partial charge on any atom is -0.460 e. The van der Waals surface area contributed by atoms with Crippen molar-refractivity contribution in [2.75, 3.05) is 13.6 Å². The molecule has 0 unspecified atom stereocenters. The van der Waals surface area contributed by atoms with Gasteiger partial charge in [0.25, 0.3) is 0 Å². The molecule has 1 aromatic carbocycles. The molecule has 2 rings (SSSR count). The molecule has 4 heteroatoms. The van der Waals surface area contributed by atoms with E-state index < -0.39 is 0 Å². The van der Waals surface area contributed by atoms with Crippen LogP contribution < -0.4 is 0 Å². The predicted octanol–water partition coefficient (Wildman–Crippen LogP) is 3.60. The molecule has 0 spiro atoms. The molecule has 0 aliphatic carbocycles. The van der Waals surface area contributed by atoms with Crippen LogP contribution in [0, 0.1) is 12.7 Å². The largest absolute Gasteiger partial charge is 0.460 e. The van der Waals surface area contributed by atoms with Gasteiger partial charge in [0, 0.05) is 12.1 Å². The Balaban J connectivity index is 2.06. The van der Waals surface area contributed by atoms with Gasteiger partial charge in [0.2, 0.25) is 0 Å². The zero-order valence-corrected chi connectivity index (χ0v) is 12.8. The van der Waals surface area contributed by atoms with Gasteiger partial charge in [-0.25, -0.2) is 4.39 Å². The Labute approximate surface area is 125 Å². The second kappa shape index (κ2) is 6.87. The number of benzene rings is 1. The van der Waals surface area contributed by atoms with Crippen LogP contribution in [0.4, 0.5) is 4.39 Å². The molecule has 0 aliphatic rings. The van der Waals surface area contributed by atoms with Crippen molar-refractivity contribution in [1.82, 2.24) is 4.90 Å². The van der Waals surface area contributed by atoms with Gasteiger partial charge in [0.1, 0.15) is 17.3 Å². The molecule has 1 atom stereocenters. The van der Waals surface area contributed by atoms with Crippen molar-refractivity contribution in [2.24, 2.45) is 0 Å². The van der Waals surface area contributed by atoms with Crippen LogP contribution in [0.3, 0.4) is 0 Å². The Bertz CT molecular complexity index is 592. The van der Waals surface area contributed by atoms with E-state index in [1.165, 1.54) is 6.07 Å². The van der Waals surface area contributed by atoms with Crippen LogP contribution in [0.5, 0.6) is 0 Å². The average molecular weight is 291 g/mol. The first kappa shape index (κ1) is 15.7. The van der Waals surface area contributed by atoms with Crippen molar-refractivity contribution in [3.8, 4) is 11.3 Å². The quantitative estimate of drug-likeness (QED) is 0.883. The lowest BCUT2D eigenvalue weighted by molar-refractivity contribution is 0.160. The molecule has 21 heavy (non-hydrogen) atoms. The monoisotopic (exact) mass is 291 g/mol. The van der Waals surface area contributed by atoms with Crippen molar-refractivity contribution < 1.29 is 13.9 Å². The molecule has 2 aromatic rings. The highest BCUT2D eigenvalue weighted by Gasteiger charge is 2.11. The van der Waals surface area contributed by atoms with E-state index in [-0.39, 0.29) is 11.9 Å². The summed E-state index contributed by atoms with van der Waals surface area (Å²) in [5.74, 6) is 1.30. The van der Waals surface area contributed by atoms with Gasteiger partial charge in [-0.2, -0.15) is 0 Å². The van der Waals surface area contributed by atoms with E-state index in [0.717, 1.165) is 24.3 Å². The summed E-state index contributed by atoms with van der Waals surface area (Å²) in [4.78, 5) is 2.09. The summed E-state index contributed by atoms with van der Waals surface area (Å²) >= 11 is 0. The van der Waals surface area contributed by atoms with E-state index in [1.54, 1.807) is 19.9 Å². The first-order chi connectivity index (χ1) is 9.97. The fraction of sp³-hybridized carbons (Fsp3) is 0.412. The van der Waals surface area contributed by atoms with Crippen LogP contribution in [0.25, 0.3) is 11.3 Å². The average Bonchev–Trinajstić information content (AvgIpc) is 2.88. The van der Waals surface area contributed by atoms with Crippen molar-refractivity contribution in [3.05, 3.63) is 47.5 Å². The Morgan fingerprint density at radius 1 is 1.29 bits per heavy atom. The standard InChI is InChI=1S/C17H22FNO2/c1-12(20)9-10-19(3)11-14-7-8-17(21-14)15-5-4-6-16(18)13(15)2/h4-8,12,20H,9-11H2,1-3H3/t12-/m0/s1. The molecule has 0 fully saturated rings. The second-order valence-corrected chi connectivity index (χ2v) is 5.55. The minimum absolute atomic E-state index is 0.223. The number of aliphatic hydroxyl groups excluding tert-OH is 1. The molecular formula is C17H22FNO2. The number of nitrogens with zero attached hydrogens (tertiary/aromatic N) is 1. The van der Waals surface area contributed by atoms with Crippen LogP contribution in [0.2, 0.25) is 0 Å². The summed E-state index contributed by atoms with van der Waals surface area (Å²) in [6, 6.07) is 8.79. The van der Waals surface area contributed by atoms with Gasteiger partial charge in [-0.1, -0.05) is 12.1 Å². The van der Waals surface area contributed by atoms with E-state index in [9.17, 15) is 9.50 Å². The number of hydrogen-bond acceptors (Lipinski definition) is 3. The van der Waals surface area contributed by atoms with Crippen LogP contribution >= 0.6 is 0 Å². The normalized spacial score (nSPS) is 12.9. The maximum absolute atomic E-state index is 13.6. The van der Waals surface area contributed by atoms with Gasteiger partial charge in [-0.3, -0.25) is 4.90 Å². The third-order valence-corrected chi connectivity index (χ3v) is 3.55. The lowest BCUT2D eigenvalue weighted by atomic mass is 10.1. The van der Waals surface area contributed by atoms with Crippen LogP contribution in [-0.4, -0.2) is 29.7 Å². The van der Waals surface area contributed by atoms with Crippen LogP contribution in [-0.2, 0) is 6.54 Å². The summed E-state index contributed by atoms with van der Waals surface area (Å²) in [6.45, 7) is 5.00. The van der Waals surface area contributed by atoms with Crippen molar-refractivity contribution >= 4 is 0 Å². The summed E-state index contributed by atoms with van der Waals surface area (Å²) < 4.78 is 19.4. The number of halogens is 1. The Hall–Kier alpha value is -1.65. The van der Waals surface area contributed by atoms with Gasteiger partial charge < -0.3 is 9.52 Å². The van der Waals surface area contributed by atoms with Crippen molar-refractivity contribution in [2.45, 2.75) is 32.9 Å². The zero-order valence-electron chi connectivity index (χ0n) is 12.8. The second-order valence-electron chi connectivity index (χ2n) is 5.55. The fourth-order valence-corrected chi connectivity index (χ4v) is 2.23. The maximum atomic E-state index is 13.6. The molecule has 3 nitrogen and oxygen atoms in total. The summed E-state index contributed by atoms with van der Waals surface area (Å²) in [6.07, 6.45) is 0.433. The first-order valence-corrected chi connectivity index (χ1v) is 7.18. The highest BCUT2D eigenvalue weighted by atomic mass is 19.1. The fourth-order valence-electron chi connectivity index (χ4n) is 2.23. The summed E-state index contributed by atoms with van der Waals surface area (Å²) in [7, 11) is 1.98. The third kappa shape index (κ3) is 4.16. The molecule has 1 N–H and O–H groups in total. The Morgan fingerprint density at radius 3 is 2.76 bits per heavy atom. The number of hydrogen-bond donors (Lipinski definition) is 1. The lowest BCUT2D eigenvalue weighted by Gasteiger charge is -2.15. The molecule has 0 saturated carbocycles. The minimum atomic E-state index is -0.297. The molecule has 0 amide bonds. The van der Waals surface area contributed by atoms with Gasteiger partial charge in [0.15, 0.2) is 0 Å². The molecule has 1 heterocycles. The smallest absolute Gasteiger partial charge is 0.134 e. The lowest BCUT2D eigenvalue weighted by Crippen LogP contribution is -2.21. The molecule has 0 bridgehead atoms. The van der Waals surface area contributed by atoms with E-state index in [0.29, 0.717) is 17.9 Å². The SMILES string of the molecule is Cc1c(F)cccc1-c1ccc(CN(C)CC[C@H](C)O)o1. The van der Waals surface area contributed by atoms with Gasteiger partial charge in [-0.15, -0.1) is 0 Å². The first-order valence-electron chi connectivity index (χ1n) is 7.18. The summed E-state index contributed by atoms with van der Waals surface area (Å²) in [5.41, 5.74) is 1.38. The number of rotatable bonds is 6. The van der Waals surface area contributed by atoms with Crippen LogP contribution in [0.15, 0.2) is 34.7 Å². The topological polar surface area (TPSA) is 36.6 Å². The molecular weight excluding hydrogens is 269 g/mol. The van der Waals surface area contributed by atoms with E-state index >= 15 is 0 Å². The number of furan rings is 1. The van der Waals surface area contributed by atoms with Gasteiger partial charge in [0.05, 0.1) is 12.6 Å². The van der Waals surface area contributed by atoms with E-state index in [1.807, 2.05) is 25.2 Å². The highest BCUT2D eigenvalue weighted by Crippen LogP contribution is 2.27. The molecule has 1 aromatic heterocycles. The molecule has 0 radical (unpaired) electrons. The zero-order chi connectivity index (χ0) is 15.4. The predicted molar refractivity (Wildman–Crippen MR) is 81.5 cm³/mol. The van der Waals surface area contributed by atoms with Gasteiger partial charge >= 0.3 is 0 Å². The Morgan fingerprint density at radius 2 is 2.05 bits per heavy atom. The van der Waals surface area contributed by atoms with Crippen molar-refractivity contribution in [3.63, 3.8) is 0 Å². The summed E-state index contributed by atoms with van der Waals surface area (Å²) in [5, 5.41) is 9.29. The van der Waals surface area contributed by atoms with E-state index in [4.69, 9.17) is 4.42 Å². The molecule has 0 saturated heterocycles. The third-order valence-electron chi connectivity index (χ3n) is 3.55. The van der Waals surface area contributed by atoms with Crippen molar-refractivity contribution in [1.29, 1.82) is 0 Å². The van der Waals surface area contributed by atoms with Gasteiger partial charge in [-0.05, 0) is 51.1 Å². The van der Waals surface area contributed by atoms with E-state index in [2.05, 4.69) is 4.90 Å². The maximum Gasteiger partial charge on any atom is 0.134 e. The molecule has 0 aliphatic heterocycles.